The van der Waals surface area contributed by atoms with Gasteiger partial charge in [0.25, 0.3) is 0 Å². The molecule has 0 fully saturated rings. The van der Waals surface area contributed by atoms with Crippen molar-refractivity contribution in [2.45, 2.75) is 6.10 Å². The van der Waals surface area contributed by atoms with Crippen LogP contribution in [0.1, 0.15) is 11.7 Å². The summed E-state index contributed by atoms with van der Waals surface area (Å²) in [6, 6.07) is 1.37. The maximum Gasteiger partial charge on any atom is 0.175 e. The van der Waals surface area contributed by atoms with Gasteiger partial charge in [-0.15, -0.1) is 0 Å². The number of rotatable bonds is 4. The maximum absolute atomic E-state index is 9.74. The average molecular weight is 292 g/mol. The normalized spacial score (nSPS) is 12.3. The lowest BCUT2D eigenvalue weighted by molar-refractivity contribution is 0.181. The number of hydrogen-bond donors (Lipinski definition) is 3. The number of phenolic OH excluding ortho intramolecular Hbond substituents is 1. The number of halogens is 1. The van der Waals surface area contributed by atoms with E-state index in [2.05, 4.69) is 15.9 Å². The summed E-state index contributed by atoms with van der Waals surface area (Å²) in [6.45, 7) is 0.00163. The van der Waals surface area contributed by atoms with E-state index in [0.717, 1.165) is 0 Å². The van der Waals surface area contributed by atoms with Crippen LogP contribution in [-0.2, 0) is 0 Å². The van der Waals surface area contributed by atoms with Gasteiger partial charge in [-0.25, -0.2) is 0 Å². The van der Waals surface area contributed by atoms with Gasteiger partial charge in [0.1, 0.15) is 5.75 Å². The molecule has 0 spiro atoms. The predicted octanol–water partition coefficient (Wildman–Crippen LogP) is 1.16. The van der Waals surface area contributed by atoms with E-state index in [-0.39, 0.29) is 12.3 Å². The summed E-state index contributed by atoms with van der Waals surface area (Å²) < 4.78 is 10.6. The molecule has 0 heterocycles. The van der Waals surface area contributed by atoms with Crippen molar-refractivity contribution in [3.05, 3.63) is 16.1 Å². The van der Waals surface area contributed by atoms with Gasteiger partial charge in [-0.05, 0) is 15.9 Å². The Morgan fingerprint density at radius 3 is 2.50 bits per heavy atom. The minimum atomic E-state index is -0.964. The van der Waals surface area contributed by atoms with Crippen molar-refractivity contribution < 1.29 is 19.7 Å². The predicted molar refractivity (Wildman–Crippen MR) is 62.9 cm³/mol. The highest BCUT2D eigenvalue weighted by Crippen LogP contribution is 2.44. The summed E-state index contributed by atoms with van der Waals surface area (Å²) in [5.74, 6) is 0.685. The zero-order valence-corrected chi connectivity index (χ0v) is 10.6. The molecule has 0 bridgehead atoms. The maximum atomic E-state index is 9.74. The zero-order valence-electron chi connectivity index (χ0n) is 9.03. The standard InChI is InChI=1S/C10H14BrNO4/c1-15-7-3-5(13)8(6(14)4-12)9(11)10(7)16-2/h3,6,13-14H,4,12H2,1-2H3. The van der Waals surface area contributed by atoms with E-state index in [4.69, 9.17) is 15.2 Å². The molecule has 5 nitrogen and oxygen atoms in total. The number of nitrogens with two attached hydrogens (primary N) is 1. The van der Waals surface area contributed by atoms with Gasteiger partial charge in [0.15, 0.2) is 11.5 Å². The fraction of sp³-hybridized carbons (Fsp3) is 0.400. The Kier molecular flexibility index (Phi) is 4.40. The van der Waals surface area contributed by atoms with Crippen LogP contribution in [0.4, 0.5) is 0 Å². The summed E-state index contributed by atoms with van der Waals surface area (Å²) in [5.41, 5.74) is 5.64. The molecule has 90 valence electrons. The highest BCUT2D eigenvalue weighted by molar-refractivity contribution is 9.10. The number of methoxy groups -OCH3 is 2. The summed E-state index contributed by atoms with van der Waals surface area (Å²) in [7, 11) is 2.93. The van der Waals surface area contributed by atoms with Gasteiger partial charge < -0.3 is 25.4 Å². The van der Waals surface area contributed by atoms with Crippen LogP contribution in [0, 0.1) is 0 Å². The summed E-state index contributed by atoms with van der Waals surface area (Å²) >= 11 is 3.24. The number of hydrogen-bond acceptors (Lipinski definition) is 5. The van der Waals surface area contributed by atoms with Gasteiger partial charge in [-0.2, -0.15) is 0 Å². The Bertz CT molecular complexity index is 384. The Hall–Kier alpha value is -0.980. The number of aromatic hydroxyl groups is 1. The van der Waals surface area contributed by atoms with E-state index in [1.54, 1.807) is 0 Å². The number of aliphatic hydroxyl groups is 1. The number of aliphatic hydroxyl groups excluding tert-OH is 1. The van der Waals surface area contributed by atoms with Crippen LogP contribution >= 0.6 is 15.9 Å². The largest absolute Gasteiger partial charge is 0.507 e. The quantitative estimate of drug-likeness (QED) is 0.775. The van der Waals surface area contributed by atoms with E-state index in [1.807, 2.05) is 0 Å². The van der Waals surface area contributed by atoms with E-state index in [9.17, 15) is 10.2 Å². The lowest BCUT2D eigenvalue weighted by atomic mass is 10.1. The van der Waals surface area contributed by atoms with Gasteiger partial charge in [-0.3, -0.25) is 0 Å². The van der Waals surface area contributed by atoms with E-state index >= 15 is 0 Å². The van der Waals surface area contributed by atoms with E-state index < -0.39 is 6.10 Å². The van der Waals surface area contributed by atoms with Crippen molar-refractivity contribution >= 4 is 15.9 Å². The van der Waals surface area contributed by atoms with Crippen LogP contribution < -0.4 is 15.2 Å². The third-order valence-electron chi connectivity index (χ3n) is 2.18. The molecule has 4 N–H and O–H groups in total. The fourth-order valence-corrected chi connectivity index (χ4v) is 2.21. The van der Waals surface area contributed by atoms with Crippen LogP contribution in [0.3, 0.4) is 0 Å². The van der Waals surface area contributed by atoms with Crippen LogP contribution in [0.5, 0.6) is 17.2 Å². The zero-order chi connectivity index (χ0) is 12.3. The first-order valence-corrected chi connectivity index (χ1v) is 5.37. The molecule has 16 heavy (non-hydrogen) atoms. The van der Waals surface area contributed by atoms with Crippen molar-refractivity contribution in [2.24, 2.45) is 5.73 Å². The Morgan fingerprint density at radius 2 is 2.06 bits per heavy atom. The van der Waals surface area contributed by atoms with Crippen LogP contribution in [0.15, 0.2) is 10.5 Å². The van der Waals surface area contributed by atoms with Crippen molar-refractivity contribution in [3.63, 3.8) is 0 Å². The van der Waals surface area contributed by atoms with Crippen LogP contribution in [-0.4, -0.2) is 31.0 Å². The van der Waals surface area contributed by atoms with Gasteiger partial charge in [-0.1, -0.05) is 0 Å². The van der Waals surface area contributed by atoms with Crippen molar-refractivity contribution in [3.8, 4) is 17.2 Å². The first-order valence-electron chi connectivity index (χ1n) is 4.58. The first kappa shape index (κ1) is 13.1. The minimum Gasteiger partial charge on any atom is -0.507 e. The average Bonchev–Trinajstić information content (AvgIpc) is 2.27. The molecule has 1 aromatic carbocycles. The Balaban J connectivity index is 3.40. The summed E-state index contributed by atoms with van der Waals surface area (Å²) in [6.07, 6.45) is -0.964. The monoisotopic (exact) mass is 291 g/mol. The molecule has 0 aromatic heterocycles. The molecule has 6 heteroatoms. The molecule has 1 atom stereocenters. The van der Waals surface area contributed by atoms with Gasteiger partial charge in [0.05, 0.1) is 24.8 Å². The molecular weight excluding hydrogens is 278 g/mol. The third-order valence-corrected chi connectivity index (χ3v) is 2.97. The van der Waals surface area contributed by atoms with Crippen molar-refractivity contribution in [1.82, 2.24) is 0 Å². The van der Waals surface area contributed by atoms with Gasteiger partial charge >= 0.3 is 0 Å². The van der Waals surface area contributed by atoms with Gasteiger partial charge in [0, 0.05) is 18.2 Å². The molecule has 1 rings (SSSR count). The molecule has 0 aliphatic carbocycles. The molecule has 1 unspecified atom stereocenters. The number of phenols is 1. The highest BCUT2D eigenvalue weighted by Gasteiger charge is 2.22. The van der Waals surface area contributed by atoms with E-state index in [1.165, 1.54) is 20.3 Å². The molecule has 0 saturated heterocycles. The molecule has 0 amide bonds. The topological polar surface area (TPSA) is 84.9 Å². The molecule has 0 aliphatic heterocycles. The first-order chi connectivity index (χ1) is 7.56. The second kappa shape index (κ2) is 5.38. The van der Waals surface area contributed by atoms with Crippen molar-refractivity contribution in [1.29, 1.82) is 0 Å². The second-order valence-corrected chi connectivity index (χ2v) is 3.90. The Morgan fingerprint density at radius 1 is 1.44 bits per heavy atom. The van der Waals surface area contributed by atoms with Crippen LogP contribution in [0.25, 0.3) is 0 Å². The van der Waals surface area contributed by atoms with Gasteiger partial charge in [0.2, 0.25) is 0 Å². The molecule has 1 aromatic rings. The smallest absolute Gasteiger partial charge is 0.175 e. The third kappa shape index (κ3) is 2.23. The number of ether oxygens (including phenoxy) is 2. The summed E-state index contributed by atoms with van der Waals surface area (Å²) in [5, 5.41) is 19.4. The fourth-order valence-electron chi connectivity index (χ4n) is 1.39. The van der Waals surface area contributed by atoms with Crippen molar-refractivity contribution in [2.75, 3.05) is 20.8 Å². The lowest BCUT2D eigenvalue weighted by Crippen LogP contribution is -2.12. The van der Waals surface area contributed by atoms with Crippen LogP contribution in [0.2, 0.25) is 0 Å². The Labute approximate surface area is 102 Å². The molecule has 0 saturated carbocycles. The number of benzene rings is 1. The summed E-state index contributed by atoms with van der Waals surface area (Å²) in [4.78, 5) is 0. The molecule has 0 aliphatic rings. The SMILES string of the molecule is COc1cc(O)c(C(O)CN)c(Br)c1OC. The molecule has 0 radical (unpaired) electrons. The molecular formula is C10H14BrNO4. The lowest BCUT2D eigenvalue weighted by Gasteiger charge is -2.17. The van der Waals surface area contributed by atoms with E-state index in [0.29, 0.717) is 21.5 Å². The minimum absolute atomic E-state index is 0.00163. The highest BCUT2D eigenvalue weighted by atomic mass is 79.9. The second-order valence-electron chi connectivity index (χ2n) is 3.11.